The fourth-order valence-corrected chi connectivity index (χ4v) is 1.05. The molecule has 0 aliphatic heterocycles. The van der Waals surface area contributed by atoms with Gasteiger partial charge in [0.05, 0.1) is 0 Å². The minimum Gasteiger partial charge on any atom is -0.341 e. The van der Waals surface area contributed by atoms with Gasteiger partial charge in [-0.15, -0.1) is 11.6 Å². The van der Waals surface area contributed by atoms with Crippen LogP contribution < -0.4 is 10.6 Å². The van der Waals surface area contributed by atoms with Gasteiger partial charge >= 0.3 is 6.03 Å². The lowest BCUT2D eigenvalue weighted by atomic mass is 10.2. The van der Waals surface area contributed by atoms with Gasteiger partial charge in [-0.1, -0.05) is 12.1 Å². The van der Waals surface area contributed by atoms with Gasteiger partial charge in [0.25, 0.3) is 0 Å². The van der Waals surface area contributed by atoms with Crippen LogP contribution in [0.4, 0.5) is 10.5 Å². The Balaban J connectivity index is 2.64. The van der Waals surface area contributed by atoms with Crippen LogP contribution in [0, 0.1) is 0 Å². The largest absolute Gasteiger partial charge is 0.341 e. The molecule has 0 saturated carbocycles. The zero-order valence-electron chi connectivity index (χ0n) is 7.30. The number of alkyl halides is 1. The van der Waals surface area contributed by atoms with Crippen LogP contribution in [-0.2, 0) is 5.88 Å². The van der Waals surface area contributed by atoms with E-state index in [1.807, 2.05) is 24.3 Å². The SMILES string of the molecule is CNC(=O)Nc1ccc(CCl)cc1. The number of amides is 2. The Hall–Kier alpha value is -1.22. The number of carbonyl (C=O) groups excluding carboxylic acids is 1. The quantitative estimate of drug-likeness (QED) is 0.703. The molecule has 1 rings (SSSR count). The van der Waals surface area contributed by atoms with E-state index >= 15 is 0 Å². The second-order valence-corrected chi connectivity index (χ2v) is 2.80. The Labute approximate surface area is 82.1 Å². The van der Waals surface area contributed by atoms with Crippen molar-refractivity contribution in [2.24, 2.45) is 0 Å². The molecule has 0 atom stereocenters. The van der Waals surface area contributed by atoms with Gasteiger partial charge in [-0.25, -0.2) is 4.79 Å². The molecule has 4 heteroatoms. The third-order valence-corrected chi connectivity index (χ3v) is 1.90. The molecular formula is C9H11ClN2O. The van der Waals surface area contributed by atoms with Gasteiger partial charge in [-0.2, -0.15) is 0 Å². The Kier molecular flexibility index (Phi) is 3.58. The number of hydrogen-bond donors (Lipinski definition) is 2. The predicted octanol–water partition coefficient (Wildman–Crippen LogP) is 2.18. The predicted molar refractivity (Wildman–Crippen MR) is 54.1 cm³/mol. The Morgan fingerprint density at radius 1 is 1.38 bits per heavy atom. The van der Waals surface area contributed by atoms with Crippen molar-refractivity contribution >= 4 is 23.3 Å². The first-order valence-electron chi connectivity index (χ1n) is 3.90. The van der Waals surface area contributed by atoms with Crippen LogP contribution in [0.15, 0.2) is 24.3 Å². The summed E-state index contributed by atoms with van der Waals surface area (Å²) in [5, 5.41) is 5.12. The molecule has 0 saturated heterocycles. The topological polar surface area (TPSA) is 41.1 Å². The van der Waals surface area contributed by atoms with E-state index in [0.717, 1.165) is 11.3 Å². The number of nitrogens with one attached hydrogen (secondary N) is 2. The van der Waals surface area contributed by atoms with E-state index < -0.39 is 0 Å². The summed E-state index contributed by atoms with van der Waals surface area (Å²) in [5.74, 6) is 0.486. The van der Waals surface area contributed by atoms with Gasteiger partial charge in [0, 0.05) is 18.6 Å². The van der Waals surface area contributed by atoms with E-state index in [4.69, 9.17) is 11.6 Å². The molecule has 13 heavy (non-hydrogen) atoms. The Bertz CT molecular complexity index is 284. The van der Waals surface area contributed by atoms with Crippen LogP contribution in [0.3, 0.4) is 0 Å². The molecule has 0 bridgehead atoms. The molecule has 0 aliphatic rings. The summed E-state index contributed by atoms with van der Waals surface area (Å²) in [5.41, 5.74) is 1.79. The minimum atomic E-state index is -0.223. The summed E-state index contributed by atoms with van der Waals surface area (Å²) < 4.78 is 0. The zero-order chi connectivity index (χ0) is 9.68. The first-order valence-corrected chi connectivity index (χ1v) is 4.43. The second-order valence-electron chi connectivity index (χ2n) is 2.53. The third-order valence-electron chi connectivity index (χ3n) is 1.59. The van der Waals surface area contributed by atoms with Crippen molar-refractivity contribution in [3.05, 3.63) is 29.8 Å². The highest BCUT2D eigenvalue weighted by molar-refractivity contribution is 6.17. The van der Waals surface area contributed by atoms with Crippen LogP contribution in [-0.4, -0.2) is 13.1 Å². The van der Waals surface area contributed by atoms with Crippen molar-refractivity contribution in [3.8, 4) is 0 Å². The molecule has 0 fully saturated rings. The van der Waals surface area contributed by atoms with Crippen LogP contribution in [0.2, 0.25) is 0 Å². The third kappa shape index (κ3) is 2.95. The van der Waals surface area contributed by atoms with E-state index in [9.17, 15) is 4.79 Å². The second kappa shape index (κ2) is 4.72. The van der Waals surface area contributed by atoms with E-state index in [1.54, 1.807) is 7.05 Å². The average Bonchev–Trinajstić information content (AvgIpc) is 2.19. The molecule has 0 spiro atoms. The Morgan fingerprint density at radius 3 is 2.46 bits per heavy atom. The molecule has 2 N–H and O–H groups in total. The van der Waals surface area contributed by atoms with Gasteiger partial charge in [0.2, 0.25) is 0 Å². The number of hydrogen-bond acceptors (Lipinski definition) is 1. The lowest BCUT2D eigenvalue weighted by molar-refractivity contribution is 0.254. The molecule has 0 unspecified atom stereocenters. The van der Waals surface area contributed by atoms with Crippen LogP contribution >= 0.6 is 11.6 Å². The maximum absolute atomic E-state index is 10.9. The summed E-state index contributed by atoms with van der Waals surface area (Å²) in [7, 11) is 1.57. The monoisotopic (exact) mass is 198 g/mol. The standard InChI is InChI=1S/C9H11ClN2O/c1-11-9(13)12-8-4-2-7(6-10)3-5-8/h2-5H,6H2,1H3,(H2,11,12,13). The highest BCUT2D eigenvalue weighted by Gasteiger charge is 1.97. The first kappa shape index (κ1) is 9.86. The summed E-state index contributed by atoms with van der Waals surface area (Å²) >= 11 is 5.61. The highest BCUT2D eigenvalue weighted by atomic mass is 35.5. The molecule has 0 aliphatic carbocycles. The molecule has 70 valence electrons. The molecular weight excluding hydrogens is 188 g/mol. The van der Waals surface area contributed by atoms with Crippen LogP contribution in [0.1, 0.15) is 5.56 Å². The summed E-state index contributed by atoms with van der Waals surface area (Å²) in [6.45, 7) is 0. The number of urea groups is 1. The van der Waals surface area contributed by atoms with E-state index in [2.05, 4.69) is 10.6 Å². The fourth-order valence-electron chi connectivity index (χ4n) is 0.871. The average molecular weight is 199 g/mol. The van der Waals surface area contributed by atoms with Crippen molar-refractivity contribution < 1.29 is 4.79 Å². The molecule has 2 amide bonds. The van der Waals surface area contributed by atoms with Gasteiger partial charge in [0.1, 0.15) is 0 Å². The van der Waals surface area contributed by atoms with Gasteiger partial charge < -0.3 is 10.6 Å². The number of rotatable bonds is 2. The number of anilines is 1. The maximum Gasteiger partial charge on any atom is 0.318 e. The first-order chi connectivity index (χ1) is 6.26. The normalized spacial score (nSPS) is 9.38. The van der Waals surface area contributed by atoms with Gasteiger partial charge in [-0.05, 0) is 17.7 Å². The number of carbonyl (C=O) groups is 1. The lowest BCUT2D eigenvalue weighted by Gasteiger charge is -2.04. The smallest absolute Gasteiger partial charge is 0.318 e. The van der Waals surface area contributed by atoms with E-state index in [1.165, 1.54) is 0 Å². The highest BCUT2D eigenvalue weighted by Crippen LogP contribution is 2.10. The lowest BCUT2D eigenvalue weighted by Crippen LogP contribution is -2.24. The van der Waals surface area contributed by atoms with E-state index in [0.29, 0.717) is 5.88 Å². The van der Waals surface area contributed by atoms with Gasteiger partial charge in [-0.3, -0.25) is 0 Å². The van der Waals surface area contributed by atoms with Gasteiger partial charge in [0.15, 0.2) is 0 Å². The molecule has 3 nitrogen and oxygen atoms in total. The fraction of sp³-hybridized carbons (Fsp3) is 0.222. The molecule has 0 radical (unpaired) electrons. The molecule has 0 aromatic heterocycles. The number of halogens is 1. The number of benzene rings is 1. The maximum atomic E-state index is 10.9. The van der Waals surface area contributed by atoms with E-state index in [-0.39, 0.29) is 6.03 Å². The molecule has 1 aromatic rings. The van der Waals surface area contributed by atoms with Crippen molar-refractivity contribution in [3.63, 3.8) is 0 Å². The zero-order valence-corrected chi connectivity index (χ0v) is 8.06. The van der Waals surface area contributed by atoms with Crippen LogP contribution in [0.25, 0.3) is 0 Å². The van der Waals surface area contributed by atoms with Crippen molar-refractivity contribution in [2.45, 2.75) is 5.88 Å². The molecule has 0 heterocycles. The summed E-state index contributed by atoms with van der Waals surface area (Å²) in [6.07, 6.45) is 0. The van der Waals surface area contributed by atoms with Crippen molar-refractivity contribution in [2.75, 3.05) is 12.4 Å². The van der Waals surface area contributed by atoms with Crippen molar-refractivity contribution in [1.82, 2.24) is 5.32 Å². The molecule has 1 aromatic carbocycles. The van der Waals surface area contributed by atoms with Crippen LogP contribution in [0.5, 0.6) is 0 Å². The Morgan fingerprint density at radius 2 is 2.00 bits per heavy atom. The minimum absolute atomic E-state index is 0.223. The summed E-state index contributed by atoms with van der Waals surface area (Å²) in [4.78, 5) is 10.9. The van der Waals surface area contributed by atoms with Crippen molar-refractivity contribution in [1.29, 1.82) is 0 Å². The summed E-state index contributed by atoms with van der Waals surface area (Å²) in [6, 6.07) is 7.15.